The molecule has 1 aliphatic rings. The van der Waals surface area contributed by atoms with Crippen LogP contribution < -0.4 is 5.32 Å². The Labute approximate surface area is 163 Å². The lowest BCUT2D eigenvalue weighted by atomic mass is 9.94. The van der Waals surface area contributed by atoms with E-state index < -0.39 is 0 Å². The lowest BCUT2D eigenvalue weighted by Gasteiger charge is -2.23. The first-order valence-corrected chi connectivity index (χ1v) is 9.54. The first-order valence-electron chi connectivity index (χ1n) is 9.54. The maximum atomic E-state index is 14.6. The summed E-state index contributed by atoms with van der Waals surface area (Å²) < 4.78 is 35.1. The van der Waals surface area contributed by atoms with E-state index in [0.717, 1.165) is 31.6 Å². The number of nitrogens with one attached hydrogen (secondary N) is 1. The van der Waals surface area contributed by atoms with Crippen molar-refractivity contribution in [2.45, 2.75) is 25.4 Å². The van der Waals surface area contributed by atoms with Crippen molar-refractivity contribution in [2.75, 3.05) is 13.2 Å². The molecule has 2 aromatic carbocycles. The van der Waals surface area contributed by atoms with Gasteiger partial charge in [-0.25, -0.2) is 13.5 Å². The van der Waals surface area contributed by atoms with E-state index in [1.807, 2.05) is 12.1 Å². The molecule has 4 rings (SSSR count). The molecular weight excluding hydrogens is 360 g/mol. The third-order valence-corrected chi connectivity index (χ3v) is 5.24. The van der Waals surface area contributed by atoms with Crippen molar-refractivity contribution in [2.24, 2.45) is 5.92 Å². The van der Waals surface area contributed by atoms with E-state index in [2.05, 4.69) is 10.4 Å². The van der Waals surface area contributed by atoms with E-state index in [-0.39, 0.29) is 17.7 Å². The van der Waals surface area contributed by atoms with Crippen LogP contribution in [0.25, 0.3) is 5.69 Å². The van der Waals surface area contributed by atoms with E-state index in [4.69, 9.17) is 4.74 Å². The Kier molecular flexibility index (Phi) is 5.78. The number of halogens is 2. The summed E-state index contributed by atoms with van der Waals surface area (Å²) in [6.07, 6.45) is 5.34. The molecule has 1 fully saturated rings. The minimum absolute atomic E-state index is 0.0163. The standard InChI is InChI=1S/C22H23F2N3O/c23-18-7-5-17(6-8-18)21(13-16-9-12-28-15-16)25-14-19-20(24)3-1-4-22(19)27-11-2-10-26-27/h1-8,10-11,16,21,25H,9,12-15H2. The van der Waals surface area contributed by atoms with Gasteiger partial charge < -0.3 is 10.1 Å². The minimum atomic E-state index is -0.275. The number of nitrogens with zero attached hydrogens (tertiary/aromatic N) is 2. The Morgan fingerprint density at radius 2 is 2.00 bits per heavy atom. The summed E-state index contributed by atoms with van der Waals surface area (Å²) in [5, 5.41) is 7.71. The van der Waals surface area contributed by atoms with Gasteiger partial charge in [0.05, 0.1) is 5.69 Å². The molecule has 1 aliphatic heterocycles. The van der Waals surface area contributed by atoms with Crippen LogP contribution in [0.15, 0.2) is 60.9 Å². The van der Waals surface area contributed by atoms with E-state index >= 15 is 0 Å². The largest absolute Gasteiger partial charge is 0.381 e. The van der Waals surface area contributed by atoms with Gasteiger partial charge in [0.25, 0.3) is 0 Å². The molecule has 0 bridgehead atoms. The Morgan fingerprint density at radius 3 is 2.71 bits per heavy atom. The second-order valence-corrected chi connectivity index (χ2v) is 7.14. The van der Waals surface area contributed by atoms with Crippen LogP contribution in [0.3, 0.4) is 0 Å². The number of ether oxygens (including phenoxy) is 1. The van der Waals surface area contributed by atoms with Crippen molar-refractivity contribution in [3.8, 4) is 5.69 Å². The normalized spacial score (nSPS) is 17.7. The fraction of sp³-hybridized carbons (Fsp3) is 0.318. The van der Waals surface area contributed by atoms with Crippen molar-refractivity contribution in [1.82, 2.24) is 15.1 Å². The highest BCUT2D eigenvalue weighted by molar-refractivity contribution is 5.41. The molecule has 2 heterocycles. The highest BCUT2D eigenvalue weighted by atomic mass is 19.1. The monoisotopic (exact) mass is 383 g/mol. The van der Waals surface area contributed by atoms with Gasteiger partial charge in [-0.3, -0.25) is 0 Å². The highest BCUT2D eigenvalue weighted by Crippen LogP contribution is 2.28. The third kappa shape index (κ3) is 4.29. The predicted octanol–water partition coefficient (Wildman–Crippen LogP) is 4.41. The molecule has 0 aliphatic carbocycles. The maximum absolute atomic E-state index is 14.6. The van der Waals surface area contributed by atoms with E-state index in [1.165, 1.54) is 18.2 Å². The topological polar surface area (TPSA) is 39.1 Å². The van der Waals surface area contributed by atoms with Crippen molar-refractivity contribution in [3.63, 3.8) is 0 Å². The number of benzene rings is 2. The van der Waals surface area contributed by atoms with Crippen LogP contribution >= 0.6 is 0 Å². The van der Waals surface area contributed by atoms with Crippen LogP contribution in [0.2, 0.25) is 0 Å². The summed E-state index contributed by atoms with van der Waals surface area (Å²) in [5.41, 5.74) is 2.26. The SMILES string of the molecule is Fc1ccc(C(CC2CCOC2)NCc2c(F)cccc2-n2cccn2)cc1. The molecule has 6 heteroatoms. The lowest BCUT2D eigenvalue weighted by molar-refractivity contribution is 0.181. The van der Waals surface area contributed by atoms with Crippen molar-refractivity contribution in [1.29, 1.82) is 0 Å². The summed E-state index contributed by atoms with van der Waals surface area (Å²) in [5.74, 6) is -0.0990. The first-order chi connectivity index (χ1) is 13.7. The summed E-state index contributed by atoms with van der Waals surface area (Å²) >= 11 is 0. The van der Waals surface area contributed by atoms with Crippen LogP contribution in [-0.2, 0) is 11.3 Å². The summed E-state index contributed by atoms with van der Waals surface area (Å²) in [4.78, 5) is 0. The fourth-order valence-corrected chi connectivity index (χ4v) is 3.71. The maximum Gasteiger partial charge on any atom is 0.129 e. The zero-order valence-electron chi connectivity index (χ0n) is 15.5. The molecule has 3 aromatic rings. The summed E-state index contributed by atoms with van der Waals surface area (Å²) in [6, 6.07) is 13.3. The Bertz CT molecular complexity index is 891. The lowest BCUT2D eigenvalue weighted by Crippen LogP contribution is -2.25. The fourth-order valence-electron chi connectivity index (χ4n) is 3.71. The van der Waals surface area contributed by atoms with E-state index in [9.17, 15) is 8.78 Å². The number of hydrogen-bond acceptors (Lipinski definition) is 3. The summed E-state index contributed by atoms with van der Waals surface area (Å²) in [7, 11) is 0. The molecular formula is C22H23F2N3O. The van der Waals surface area contributed by atoms with Crippen molar-refractivity contribution < 1.29 is 13.5 Å². The Hall–Kier alpha value is -2.57. The first kappa shape index (κ1) is 18.8. The molecule has 2 atom stereocenters. The predicted molar refractivity (Wildman–Crippen MR) is 103 cm³/mol. The number of aromatic nitrogens is 2. The molecule has 28 heavy (non-hydrogen) atoms. The van der Waals surface area contributed by atoms with Gasteiger partial charge in [-0.1, -0.05) is 18.2 Å². The Morgan fingerprint density at radius 1 is 1.14 bits per heavy atom. The molecule has 0 saturated carbocycles. The second-order valence-electron chi connectivity index (χ2n) is 7.14. The van der Waals surface area contributed by atoms with Gasteiger partial charge in [0.2, 0.25) is 0 Å². The van der Waals surface area contributed by atoms with Gasteiger partial charge in [-0.05, 0) is 54.7 Å². The van der Waals surface area contributed by atoms with Gasteiger partial charge in [0.15, 0.2) is 0 Å². The molecule has 0 spiro atoms. The zero-order valence-corrected chi connectivity index (χ0v) is 15.5. The zero-order chi connectivity index (χ0) is 19.3. The van der Waals surface area contributed by atoms with Crippen LogP contribution in [0, 0.1) is 17.6 Å². The molecule has 1 saturated heterocycles. The summed E-state index contributed by atoms with van der Waals surface area (Å²) in [6.45, 7) is 1.85. The molecule has 0 amide bonds. The second kappa shape index (κ2) is 8.63. The molecule has 1 aromatic heterocycles. The third-order valence-electron chi connectivity index (χ3n) is 5.24. The van der Waals surface area contributed by atoms with Crippen molar-refractivity contribution in [3.05, 3.63) is 83.7 Å². The molecule has 2 unspecified atom stereocenters. The Balaban J connectivity index is 1.56. The average molecular weight is 383 g/mol. The van der Waals surface area contributed by atoms with Gasteiger partial charge >= 0.3 is 0 Å². The smallest absolute Gasteiger partial charge is 0.129 e. The van der Waals surface area contributed by atoms with Crippen LogP contribution in [0.4, 0.5) is 8.78 Å². The number of hydrogen-bond donors (Lipinski definition) is 1. The quantitative estimate of drug-likeness (QED) is 0.657. The van der Waals surface area contributed by atoms with E-state index in [1.54, 1.807) is 35.3 Å². The molecule has 4 nitrogen and oxygen atoms in total. The van der Waals surface area contributed by atoms with E-state index in [0.29, 0.717) is 23.7 Å². The average Bonchev–Trinajstić information content (AvgIpc) is 3.41. The van der Waals surface area contributed by atoms with Crippen LogP contribution in [0.1, 0.15) is 30.0 Å². The van der Waals surface area contributed by atoms with Gasteiger partial charge in [-0.15, -0.1) is 0 Å². The minimum Gasteiger partial charge on any atom is -0.381 e. The molecule has 0 radical (unpaired) electrons. The van der Waals surface area contributed by atoms with Gasteiger partial charge in [-0.2, -0.15) is 5.10 Å². The molecule has 146 valence electrons. The van der Waals surface area contributed by atoms with Crippen molar-refractivity contribution >= 4 is 0 Å². The molecule has 1 N–H and O–H groups in total. The number of rotatable bonds is 7. The van der Waals surface area contributed by atoms with Gasteiger partial charge in [0, 0.05) is 43.8 Å². The van der Waals surface area contributed by atoms with Crippen LogP contribution in [0.5, 0.6) is 0 Å². The van der Waals surface area contributed by atoms with Gasteiger partial charge in [0.1, 0.15) is 11.6 Å². The highest BCUT2D eigenvalue weighted by Gasteiger charge is 2.22. The van der Waals surface area contributed by atoms with Crippen LogP contribution in [-0.4, -0.2) is 23.0 Å².